The number of aliphatic hydroxyl groups excluding tert-OH is 1. The van der Waals surface area contributed by atoms with E-state index in [0.717, 1.165) is 12.1 Å². The summed E-state index contributed by atoms with van der Waals surface area (Å²) in [5.74, 6) is -3.67. The lowest BCUT2D eigenvalue weighted by atomic mass is 9.96. The van der Waals surface area contributed by atoms with Crippen molar-refractivity contribution in [1.82, 2.24) is 0 Å². The second-order valence-electron chi connectivity index (χ2n) is 4.39. The summed E-state index contributed by atoms with van der Waals surface area (Å²) in [4.78, 5) is 0. The molecule has 106 valence electrons. The molecule has 2 rings (SSSR count). The molecular weight excluding hydrogens is 269 g/mol. The number of rotatable bonds is 3. The summed E-state index contributed by atoms with van der Waals surface area (Å²) in [5.41, 5.74) is 0.744. The normalized spacial score (nSPS) is 12.3. The predicted molar refractivity (Wildman–Crippen MR) is 68.1 cm³/mol. The lowest BCUT2D eigenvalue weighted by Crippen LogP contribution is -2.07. The van der Waals surface area contributed by atoms with Crippen LogP contribution < -0.4 is 4.74 Å². The maximum atomic E-state index is 13.7. The van der Waals surface area contributed by atoms with E-state index in [-0.39, 0.29) is 5.56 Å². The van der Waals surface area contributed by atoms with Crippen molar-refractivity contribution in [2.45, 2.75) is 13.0 Å². The summed E-state index contributed by atoms with van der Waals surface area (Å²) in [6.45, 7) is 1.71. The van der Waals surface area contributed by atoms with Gasteiger partial charge < -0.3 is 9.84 Å². The van der Waals surface area contributed by atoms with Crippen LogP contribution in [0.1, 0.15) is 22.8 Å². The Labute approximate surface area is 114 Å². The molecule has 2 aromatic carbocycles. The van der Waals surface area contributed by atoms with E-state index in [2.05, 4.69) is 0 Å². The van der Waals surface area contributed by atoms with Crippen LogP contribution in [0, 0.1) is 24.4 Å². The highest BCUT2D eigenvalue weighted by molar-refractivity contribution is 5.40. The van der Waals surface area contributed by atoms with Gasteiger partial charge in [0.2, 0.25) is 0 Å². The van der Waals surface area contributed by atoms with E-state index < -0.39 is 23.6 Å². The zero-order valence-electron chi connectivity index (χ0n) is 11.0. The SMILES string of the molecule is COc1ccc(C(O)c2ccc(F)c(F)c2F)c(C)c1. The largest absolute Gasteiger partial charge is 0.497 e. The first-order chi connectivity index (χ1) is 9.45. The van der Waals surface area contributed by atoms with Gasteiger partial charge in [-0.3, -0.25) is 0 Å². The third-order valence-corrected chi connectivity index (χ3v) is 3.13. The molecule has 2 nitrogen and oxygen atoms in total. The van der Waals surface area contributed by atoms with Crippen LogP contribution in [0.2, 0.25) is 0 Å². The van der Waals surface area contributed by atoms with E-state index in [1.54, 1.807) is 25.1 Å². The number of ether oxygens (including phenoxy) is 1. The van der Waals surface area contributed by atoms with Gasteiger partial charge in [0.1, 0.15) is 11.9 Å². The number of benzene rings is 2. The molecular formula is C15H13F3O2. The van der Waals surface area contributed by atoms with Gasteiger partial charge in [-0.25, -0.2) is 13.2 Å². The lowest BCUT2D eigenvalue weighted by Gasteiger charge is -2.16. The van der Waals surface area contributed by atoms with Gasteiger partial charge in [0, 0.05) is 5.56 Å². The summed E-state index contributed by atoms with van der Waals surface area (Å²) in [5, 5.41) is 10.2. The molecule has 0 bridgehead atoms. The molecule has 0 radical (unpaired) electrons. The van der Waals surface area contributed by atoms with E-state index >= 15 is 0 Å². The Morgan fingerprint density at radius 3 is 2.25 bits per heavy atom. The molecule has 0 saturated heterocycles. The minimum atomic E-state index is -1.59. The second-order valence-corrected chi connectivity index (χ2v) is 4.39. The highest BCUT2D eigenvalue weighted by atomic mass is 19.2. The Hall–Kier alpha value is -2.01. The number of methoxy groups -OCH3 is 1. The van der Waals surface area contributed by atoms with E-state index in [0.29, 0.717) is 16.9 Å². The minimum Gasteiger partial charge on any atom is -0.497 e. The van der Waals surface area contributed by atoms with Crippen LogP contribution in [0.25, 0.3) is 0 Å². The standard InChI is InChI=1S/C15H13F3O2/c1-8-7-9(20-2)3-4-10(8)15(19)11-5-6-12(16)14(18)13(11)17/h3-7,15,19H,1-2H3. The molecule has 0 saturated carbocycles. The number of aryl methyl sites for hydroxylation is 1. The number of hydrogen-bond donors (Lipinski definition) is 1. The van der Waals surface area contributed by atoms with Crippen LogP contribution in [0.4, 0.5) is 13.2 Å². The Morgan fingerprint density at radius 2 is 1.65 bits per heavy atom. The summed E-state index contributed by atoms with van der Waals surface area (Å²) in [6, 6.07) is 6.64. The van der Waals surface area contributed by atoms with Crippen LogP contribution in [-0.4, -0.2) is 12.2 Å². The van der Waals surface area contributed by atoms with Crippen molar-refractivity contribution in [1.29, 1.82) is 0 Å². The maximum Gasteiger partial charge on any atom is 0.194 e. The average molecular weight is 282 g/mol. The van der Waals surface area contributed by atoms with Crippen molar-refractivity contribution < 1.29 is 23.0 Å². The van der Waals surface area contributed by atoms with E-state index in [1.165, 1.54) is 7.11 Å². The smallest absolute Gasteiger partial charge is 0.194 e. The molecule has 20 heavy (non-hydrogen) atoms. The Balaban J connectivity index is 2.46. The quantitative estimate of drug-likeness (QED) is 0.873. The van der Waals surface area contributed by atoms with Crippen LogP contribution >= 0.6 is 0 Å². The summed E-state index contributed by atoms with van der Waals surface area (Å²) < 4.78 is 44.8. The van der Waals surface area contributed by atoms with Crippen molar-refractivity contribution in [2.75, 3.05) is 7.11 Å². The Morgan fingerprint density at radius 1 is 1.00 bits per heavy atom. The van der Waals surface area contributed by atoms with Gasteiger partial charge in [0.25, 0.3) is 0 Å². The summed E-state index contributed by atoms with van der Waals surface area (Å²) in [7, 11) is 1.50. The third-order valence-electron chi connectivity index (χ3n) is 3.13. The fourth-order valence-electron chi connectivity index (χ4n) is 2.00. The van der Waals surface area contributed by atoms with Gasteiger partial charge >= 0.3 is 0 Å². The van der Waals surface area contributed by atoms with Crippen LogP contribution in [-0.2, 0) is 0 Å². The summed E-state index contributed by atoms with van der Waals surface area (Å²) >= 11 is 0. The third kappa shape index (κ3) is 2.49. The highest BCUT2D eigenvalue weighted by Crippen LogP contribution is 2.30. The fourth-order valence-corrected chi connectivity index (χ4v) is 2.00. The number of hydrogen-bond acceptors (Lipinski definition) is 2. The first kappa shape index (κ1) is 14.4. The zero-order chi connectivity index (χ0) is 14.9. The van der Waals surface area contributed by atoms with E-state index in [9.17, 15) is 18.3 Å². The molecule has 0 spiro atoms. The molecule has 1 N–H and O–H groups in total. The minimum absolute atomic E-state index is 0.308. The van der Waals surface area contributed by atoms with Gasteiger partial charge in [0.05, 0.1) is 7.11 Å². The average Bonchev–Trinajstić information content (AvgIpc) is 2.44. The van der Waals surface area contributed by atoms with Crippen molar-refractivity contribution in [3.05, 3.63) is 64.5 Å². The zero-order valence-corrected chi connectivity index (χ0v) is 11.0. The van der Waals surface area contributed by atoms with Crippen LogP contribution in [0.5, 0.6) is 5.75 Å². The topological polar surface area (TPSA) is 29.5 Å². The molecule has 0 fully saturated rings. The van der Waals surface area contributed by atoms with Gasteiger partial charge in [0.15, 0.2) is 17.5 Å². The van der Waals surface area contributed by atoms with Crippen molar-refractivity contribution in [2.24, 2.45) is 0 Å². The van der Waals surface area contributed by atoms with Gasteiger partial charge in [-0.1, -0.05) is 12.1 Å². The predicted octanol–water partition coefficient (Wildman–Crippen LogP) is 3.50. The molecule has 0 aliphatic rings. The molecule has 0 aromatic heterocycles. The first-order valence-corrected chi connectivity index (χ1v) is 5.91. The maximum absolute atomic E-state index is 13.7. The lowest BCUT2D eigenvalue weighted by molar-refractivity contribution is 0.211. The summed E-state index contributed by atoms with van der Waals surface area (Å²) in [6.07, 6.45) is -1.38. The van der Waals surface area contributed by atoms with Gasteiger partial charge in [-0.05, 0) is 36.2 Å². The van der Waals surface area contributed by atoms with Crippen LogP contribution in [0.3, 0.4) is 0 Å². The number of aliphatic hydroxyl groups is 1. The molecule has 0 heterocycles. The number of halogens is 3. The fraction of sp³-hybridized carbons (Fsp3) is 0.200. The Kier molecular flexibility index (Phi) is 3.99. The molecule has 0 aliphatic carbocycles. The van der Waals surface area contributed by atoms with Crippen LogP contribution in [0.15, 0.2) is 30.3 Å². The highest BCUT2D eigenvalue weighted by Gasteiger charge is 2.21. The van der Waals surface area contributed by atoms with E-state index in [1.807, 2.05) is 0 Å². The van der Waals surface area contributed by atoms with E-state index in [4.69, 9.17) is 4.74 Å². The first-order valence-electron chi connectivity index (χ1n) is 5.91. The van der Waals surface area contributed by atoms with Crippen molar-refractivity contribution >= 4 is 0 Å². The molecule has 2 aromatic rings. The molecule has 5 heteroatoms. The Bertz CT molecular complexity index is 641. The van der Waals surface area contributed by atoms with Gasteiger partial charge in [-0.2, -0.15) is 0 Å². The second kappa shape index (κ2) is 5.54. The van der Waals surface area contributed by atoms with Crippen molar-refractivity contribution in [3.8, 4) is 5.75 Å². The molecule has 0 aliphatic heterocycles. The molecule has 0 amide bonds. The molecule has 1 unspecified atom stereocenters. The molecule has 1 atom stereocenters. The van der Waals surface area contributed by atoms with Crippen molar-refractivity contribution in [3.63, 3.8) is 0 Å². The monoisotopic (exact) mass is 282 g/mol. The van der Waals surface area contributed by atoms with Gasteiger partial charge in [-0.15, -0.1) is 0 Å².